The van der Waals surface area contributed by atoms with Crippen molar-refractivity contribution in [1.82, 2.24) is 15.2 Å². The number of unbranched alkanes of at least 4 members (excludes halogenated alkanes) is 5. The van der Waals surface area contributed by atoms with Crippen LogP contribution in [0.3, 0.4) is 0 Å². The van der Waals surface area contributed by atoms with Crippen LogP contribution in [-0.2, 0) is 11.3 Å². The Bertz CT molecular complexity index is 528. The van der Waals surface area contributed by atoms with Gasteiger partial charge >= 0.3 is 0 Å². The Labute approximate surface area is 157 Å². The molecule has 2 amide bonds. The van der Waals surface area contributed by atoms with Gasteiger partial charge in [0, 0.05) is 19.5 Å². The first-order valence-electron chi connectivity index (χ1n) is 10.1. The lowest BCUT2D eigenvalue weighted by atomic mass is 10.2. The topological polar surface area (TPSA) is 75.4 Å². The molecule has 26 heavy (non-hydrogen) atoms. The van der Waals surface area contributed by atoms with Gasteiger partial charge in [-0.1, -0.05) is 52.9 Å². The zero-order valence-electron chi connectivity index (χ0n) is 16.7. The maximum atomic E-state index is 12.4. The molecule has 0 unspecified atom stereocenters. The Morgan fingerprint density at radius 2 is 1.73 bits per heavy atom. The highest BCUT2D eigenvalue weighted by Crippen LogP contribution is 2.11. The van der Waals surface area contributed by atoms with Crippen LogP contribution in [-0.4, -0.2) is 34.8 Å². The average molecular weight is 366 g/mol. The molecule has 0 aromatic carbocycles. The van der Waals surface area contributed by atoms with E-state index in [0.717, 1.165) is 51.4 Å². The summed E-state index contributed by atoms with van der Waals surface area (Å²) in [6.45, 7) is 8.02. The minimum absolute atomic E-state index is 0.131. The number of hydrogen-bond donors (Lipinski definition) is 1. The minimum Gasteiger partial charge on any atom is -0.446 e. The zero-order valence-corrected chi connectivity index (χ0v) is 16.7. The van der Waals surface area contributed by atoms with Gasteiger partial charge in [-0.3, -0.25) is 9.59 Å². The van der Waals surface area contributed by atoms with Gasteiger partial charge in [-0.2, -0.15) is 0 Å². The molecule has 0 atom stereocenters. The monoisotopic (exact) mass is 365 g/mol. The van der Waals surface area contributed by atoms with E-state index < -0.39 is 0 Å². The van der Waals surface area contributed by atoms with Crippen LogP contribution in [0.15, 0.2) is 10.7 Å². The molecule has 0 saturated heterocycles. The lowest BCUT2D eigenvalue weighted by molar-refractivity contribution is -0.132. The van der Waals surface area contributed by atoms with Gasteiger partial charge < -0.3 is 14.6 Å². The molecule has 0 fully saturated rings. The number of aromatic nitrogens is 1. The second-order valence-electron chi connectivity index (χ2n) is 6.72. The van der Waals surface area contributed by atoms with Crippen molar-refractivity contribution < 1.29 is 14.0 Å². The van der Waals surface area contributed by atoms with Gasteiger partial charge in [-0.25, -0.2) is 4.98 Å². The quantitative estimate of drug-likeness (QED) is 0.499. The van der Waals surface area contributed by atoms with Crippen LogP contribution in [0.2, 0.25) is 0 Å². The second kappa shape index (κ2) is 13.4. The zero-order chi connectivity index (χ0) is 19.2. The van der Waals surface area contributed by atoms with E-state index >= 15 is 0 Å². The van der Waals surface area contributed by atoms with Gasteiger partial charge in [0.2, 0.25) is 11.8 Å². The highest BCUT2D eigenvalue weighted by molar-refractivity contribution is 5.91. The fourth-order valence-corrected chi connectivity index (χ4v) is 2.65. The summed E-state index contributed by atoms with van der Waals surface area (Å²) in [5, 5.41) is 2.85. The Hall–Kier alpha value is -1.85. The van der Waals surface area contributed by atoms with Gasteiger partial charge in [0.25, 0.3) is 5.91 Å². The van der Waals surface area contributed by atoms with Crippen molar-refractivity contribution in [1.29, 1.82) is 0 Å². The smallest absolute Gasteiger partial charge is 0.273 e. The van der Waals surface area contributed by atoms with Crippen LogP contribution in [0.25, 0.3) is 0 Å². The molecule has 0 spiro atoms. The highest BCUT2D eigenvalue weighted by atomic mass is 16.3. The van der Waals surface area contributed by atoms with Crippen LogP contribution in [0.5, 0.6) is 0 Å². The molecule has 1 N–H and O–H groups in total. The van der Waals surface area contributed by atoms with Crippen LogP contribution in [0.4, 0.5) is 0 Å². The first-order valence-corrected chi connectivity index (χ1v) is 10.1. The van der Waals surface area contributed by atoms with E-state index in [0.29, 0.717) is 31.9 Å². The molecule has 0 saturated carbocycles. The SMILES string of the molecule is CCCCCNC(=O)c1coc(CN(CCCCC)C(=O)CCCC)n1. The van der Waals surface area contributed by atoms with Gasteiger partial charge in [0.1, 0.15) is 6.26 Å². The standard InChI is InChI=1S/C20H35N3O3/c1-4-7-10-13-21-20(25)17-16-26-18(22-17)15-23(14-11-8-5-2)19(24)12-9-6-3/h16H,4-15H2,1-3H3,(H,21,25). The summed E-state index contributed by atoms with van der Waals surface area (Å²) in [5.41, 5.74) is 0.283. The van der Waals surface area contributed by atoms with Crippen molar-refractivity contribution in [2.45, 2.75) is 85.1 Å². The van der Waals surface area contributed by atoms with Gasteiger partial charge in [0.05, 0.1) is 6.54 Å². The number of carbonyl (C=O) groups excluding carboxylic acids is 2. The predicted molar refractivity (Wildman–Crippen MR) is 103 cm³/mol. The molecular formula is C20H35N3O3. The molecule has 1 aromatic heterocycles. The summed E-state index contributed by atoms with van der Waals surface area (Å²) in [7, 11) is 0. The summed E-state index contributed by atoms with van der Waals surface area (Å²) in [4.78, 5) is 30.6. The molecule has 0 aliphatic carbocycles. The summed E-state index contributed by atoms with van der Waals surface area (Å²) >= 11 is 0. The molecule has 6 nitrogen and oxygen atoms in total. The number of rotatable bonds is 14. The summed E-state index contributed by atoms with van der Waals surface area (Å²) in [6, 6.07) is 0. The van der Waals surface area contributed by atoms with Crippen molar-refractivity contribution in [3.8, 4) is 0 Å². The van der Waals surface area contributed by atoms with Crippen molar-refractivity contribution in [3.63, 3.8) is 0 Å². The second-order valence-corrected chi connectivity index (χ2v) is 6.72. The number of oxazole rings is 1. The number of amides is 2. The third kappa shape index (κ3) is 8.50. The van der Waals surface area contributed by atoms with Crippen molar-refractivity contribution in [3.05, 3.63) is 17.8 Å². The van der Waals surface area contributed by atoms with Crippen LogP contribution in [0, 0.1) is 0 Å². The van der Waals surface area contributed by atoms with E-state index in [-0.39, 0.29) is 17.5 Å². The molecule has 1 rings (SSSR count). The normalized spacial score (nSPS) is 10.7. The summed E-state index contributed by atoms with van der Waals surface area (Å²) < 4.78 is 5.44. The van der Waals surface area contributed by atoms with E-state index in [1.807, 2.05) is 0 Å². The fourth-order valence-electron chi connectivity index (χ4n) is 2.65. The first-order chi connectivity index (χ1) is 12.6. The van der Waals surface area contributed by atoms with E-state index in [2.05, 4.69) is 31.1 Å². The van der Waals surface area contributed by atoms with Crippen LogP contribution in [0.1, 0.15) is 94.9 Å². The maximum absolute atomic E-state index is 12.4. The number of nitrogens with one attached hydrogen (secondary N) is 1. The van der Waals surface area contributed by atoms with Crippen molar-refractivity contribution in [2.24, 2.45) is 0 Å². The maximum Gasteiger partial charge on any atom is 0.273 e. The molecular weight excluding hydrogens is 330 g/mol. The Morgan fingerprint density at radius 3 is 2.42 bits per heavy atom. The summed E-state index contributed by atoms with van der Waals surface area (Å²) in [6.07, 6.45) is 10.2. The fraction of sp³-hybridized carbons (Fsp3) is 0.750. The highest BCUT2D eigenvalue weighted by Gasteiger charge is 2.18. The largest absolute Gasteiger partial charge is 0.446 e. The molecule has 0 aliphatic rings. The van der Waals surface area contributed by atoms with Gasteiger partial charge in [-0.15, -0.1) is 0 Å². The van der Waals surface area contributed by atoms with Crippen LogP contribution < -0.4 is 5.32 Å². The lowest BCUT2D eigenvalue weighted by Crippen LogP contribution is -2.31. The lowest BCUT2D eigenvalue weighted by Gasteiger charge is -2.21. The predicted octanol–water partition coefficient (Wildman–Crippen LogP) is 4.30. The molecule has 0 radical (unpaired) electrons. The molecule has 0 bridgehead atoms. The van der Waals surface area contributed by atoms with Gasteiger partial charge in [0.15, 0.2) is 5.69 Å². The number of nitrogens with zero attached hydrogens (tertiary/aromatic N) is 2. The Balaban J connectivity index is 2.59. The number of hydrogen-bond acceptors (Lipinski definition) is 4. The van der Waals surface area contributed by atoms with Gasteiger partial charge in [-0.05, 0) is 19.3 Å². The average Bonchev–Trinajstić information content (AvgIpc) is 3.11. The third-order valence-electron chi connectivity index (χ3n) is 4.30. The minimum atomic E-state index is -0.217. The molecule has 148 valence electrons. The van der Waals surface area contributed by atoms with Crippen molar-refractivity contribution in [2.75, 3.05) is 13.1 Å². The molecule has 1 heterocycles. The van der Waals surface area contributed by atoms with Crippen LogP contribution >= 0.6 is 0 Å². The number of carbonyl (C=O) groups is 2. The van der Waals surface area contributed by atoms with E-state index in [1.165, 1.54) is 6.26 Å². The Kier molecular flexibility index (Phi) is 11.4. The van der Waals surface area contributed by atoms with E-state index in [4.69, 9.17) is 4.42 Å². The first kappa shape index (κ1) is 22.2. The molecule has 6 heteroatoms. The van der Waals surface area contributed by atoms with Crippen molar-refractivity contribution >= 4 is 11.8 Å². The summed E-state index contributed by atoms with van der Waals surface area (Å²) in [5.74, 6) is 0.336. The van der Waals surface area contributed by atoms with E-state index in [1.54, 1.807) is 4.90 Å². The molecule has 1 aromatic rings. The molecule has 0 aliphatic heterocycles. The van der Waals surface area contributed by atoms with E-state index in [9.17, 15) is 9.59 Å². The Morgan fingerprint density at radius 1 is 1.04 bits per heavy atom. The third-order valence-corrected chi connectivity index (χ3v) is 4.30.